The lowest BCUT2D eigenvalue weighted by atomic mass is 10.1. The van der Waals surface area contributed by atoms with Crippen molar-refractivity contribution in [2.45, 2.75) is 25.6 Å². The molecule has 20 heavy (non-hydrogen) atoms. The number of fused-ring (bicyclic) bond motifs is 1. The van der Waals surface area contributed by atoms with Gasteiger partial charge in [-0.1, -0.05) is 12.1 Å². The second-order valence-corrected chi connectivity index (χ2v) is 4.97. The normalized spacial score (nSPS) is 21.6. The first-order chi connectivity index (χ1) is 9.77. The minimum Gasteiger partial charge on any atom is -0.353 e. The summed E-state index contributed by atoms with van der Waals surface area (Å²) in [6.07, 6.45) is 2.47. The van der Waals surface area contributed by atoms with E-state index in [1.54, 1.807) is 24.3 Å². The van der Waals surface area contributed by atoms with Crippen molar-refractivity contribution in [1.29, 1.82) is 0 Å². The van der Waals surface area contributed by atoms with E-state index in [0.29, 0.717) is 30.7 Å². The third kappa shape index (κ3) is 2.46. The molecule has 1 fully saturated rings. The molecule has 1 unspecified atom stereocenters. The molecule has 0 spiro atoms. The predicted molar refractivity (Wildman–Crippen MR) is 71.4 cm³/mol. The van der Waals surface area contributed by atoms with Crippen LogP contribution in [0.25, 0.3) is 0 Å². The summed E-state index contributed by atoms with van der Waals surface area (Å²) in [5.74, 6) is -0.412. The lowest BCUT2D eigenvalue weighted by molar-refractivity contribution is -0.111. The summed E-state index contributed by atoms with van der Waals surface area (Å²) in [4.78, 5) is 25.5. The van der Waals surface area contributed by atoms with E-state index in [1.165, 1.54) is 4.90 Å². The highest BCUT2D eigenvalue weighted by molar-refractivity contribution is 6.21. The summed E-state index contributed by atoms with van der Waals surface area (Å²) in [5, 5.41) is 0. The van der Waals surface area contributed by atoms with E-state index in [9.17, 15) is 9.59 Å². The zero-order chi connectivity index (χ0) is 13.9. The zero-order valence-electron chi connectivity index (χ0n) is 11.2. The monoisotopic (exact) mass is 275 g/mol. The molecule has 2 aliphatic rings. The molecule has 0 aliphatic carbocycles. The van der Waals surface area contributed by atoms with E-state index in [-0.39, 0.29) is 18.1 Å². The Balaban J connectivity index is 1.51. The number of ether oxygens (including phenoxy) is 2. The number of imide groups is 1. The van der Waals surface area contributed by atoms with Gasteiger partial charge >= 0.3 is 0 Å². The average molecular weight is 275 g/mol. The van der Waals surface area contributed by atoms with Crippen molar-refractivity contribution in [2.24, 2.45) is 0 Å². The van der Waals surface area contributed by atoms with E-state index in [2.05, 4.69) is 0 Å². The van der Waals surface area contributed by atoms with Crippen LogP contribution in [-0.2, 0) is 9.47 Å². The number of nitrogens with zero attached hydrogens (tertiary/aromatic N) is 1. The molecule has 2 heterocycles. The topological polar surface area (TPSA) is 55.8 Å². The fourth-order valence-corrected chi connectivity index (χ4v) is 2.56. The van der Waals surface area contributed by atoms with Crippen molar-refractivity contribution < 1.29 is 19.1 Å². The molecule has 0 aromatic heterocycles. The molecule has 1 aromatic rings. The van der Waals surface area contributed by atoms with Crippen molar-refractivity contribution in [1.82, 2.24) is 4.90 Å². The van der Waals surface area contributed by atoms with Gasteiger partial charge in [0.1, 0.15) is 0 Å². The Labute approximate surface area is 117 Å². The molecular formula is C15H17NO4. The SMILES string of the molecule is O=C1c2ccccc2C(=O)N1CCCOC1CCCO1. The number of hydrogen-bond donors (Lipinski definition) is 0. The Kier molecular flexibility index (Phi) is 3.80. The molecule has 3 rings (SSSR count). The number of hydrogen-bond acceptors (Lipinski definition) is 4. The van der Waals surface area contributed by atoms with Gasteiger partial charge in [0.15, 0.2) is 6.29 Å². The number of benzene rings is 1. The fourth-order valence-electron chi connectivity index (χ4n) is 2.56. The van der Waals surface area contributed by atoms with Crippen LogP contribution in [0.5, 0.6) is 0 Å². The lowest BCUT2D eigenvalue weighted by Gasteiger charge is -2.15. The van der Waals surface area contributed by atoms with Crippen LogP contribution in [0.1, 0.15) is 40.0 Å². The predicted octanol–water partition coefficient (Wildman–Crippen LogP) is 1.83. The summed E-state index contributed by atoms with van der Waals surface area (Å²) in [6, 6.07) is 6.93. The first kappa shape index (κ1) is 13.3. The summed E-state index contributed by atoms with van der Waals surface area (Å²) in [6.45, 7) is 1.64. The van der Waals surface area contributed by atoms with Crippen LogP contribution in [0, 0.1) is 0 Å². The Morgan fingerprint density at radius 1 is 1.20 bits per heavy atom. The smallest absolute Gasteiger partial charge is 0.261 e. The maximum Gasteiger partial charge on any atom is 0.261 e. The Hall–Kier alpha value is -1.72. The summed E-state index contributed by atoms with van der Waals surface area (Å²) in [7, 11) is 0. The van der Waals surface area contributed by atoms with Crippen molar-refractivity contribution in [2.75, 3.05) is 19.8 Å². The molecule has 1 saturated heterocycles. The molecule has 1 atom stereocenters. The van der Waals surface area contributed by atoms with Gasteiger partial charge in [-0.3, -0.25) is 14.5 Å². The Morgan fingerprint density at radius 2 is 1.90 bits per heavy atom. The molecular weight excluding hydrogens is 258 g/mol. The van der Waals surface area contributed by atoms with Crippen molar-refractivity contribution in [3.63, 3.8) is 0 Å². The van der Waals surface area contributed by atoms with E-state index in [4.69, 9.17) is 9.47 Å². The highest BCUT2D eigenvalue weighted by Gasteiger charge is 2.34. The molecule has 0 radical (unpaired) electrons. The first-order valence-electron chi connectivity index (χ1n) is 6.96. The summed E-state index contributed by atoms with van der Waals surface area (Å²) >= 11 is 0. The van der Waals surface area contributed by atoms with Crippen LogP contribution in [0.4, 0.5) is 0 Å². The van der Waals surface area contributed by atoms with Gasteiger partial charge in [0.2, 0.25) is 0 Å². The largest absolute Gasteiger partial charge is 0.353 e. The molecule has 2 amide bonds. The molecule has 5 heteroatoms. The van der Waals surface area contributed by atoms with E-state index >= 15 is 0 Å². The molecule has 0 saturated carbocycles. The zero-order valence-corrected chi connectivity index (χ0v) is 11.2. The lowest BCUT2D eigenvalue weighted by Crippen LogP contribution is -2.31. The highest BCUT2D eigenvalue weighted by atomic mass is 16.7. The van der Waals surface area contributed by atoms with Crippen LogP contribution in [-0.4, -0.2) is 42.8 Å². The molecule has 106 valence electrons. The van der Waals surface area contributed by atoms with E-state index in [1.807, 2.05) is 0 Å². The molecule has 0 bridgehead atoms. The van der Waals surface area contributed by atoms with Gasteiger partial charge in [-0.15, -0.1) is 0 Å². The van der Waals surface area contributed by atoms with Gasteiger partial charge in [0, 0.05) is 19.6 Å². The maximum absolute atomic E-state index is 12.1. The van der Waals surface area contributed by atoms with Gasteiger partial charge in [0.25, 0.3) is 11.8 Å². The summed E-state index contributed by atoms with van der Waals surface area (Å²) < 4.78 is 10.9. The highest BCUT2D eigenvalue weighted by Crippen LogP contribution is 2.22. The third-order valence-corrected chi connectivity index (χ3v) is 3.60. The van der Waals surface area contributed by atoms with Crippen LogP contribution in [0.3, 0.4) is 0 Å². The average Bonchev–Trinajstić information content (AvgIpc) is 3.06. The van der Waals surface area contributed by atoms with Gasteiger partial charge in [-0.2, -0.15) is 0 Å². The number of carbonyl (C=O) groups excluding carboxylic acids is 2. The van der Waals surface area contributed by atoms with Gasteiger partial charge < -0.3 is 9.47 Å². The fraction of sp³-hybridized carbons (Fsp3) is 0.467. The Morgan fingerprint density at radius 3 is 2.50 bits per heavy atom. The minimum absolute atomic E-state index is 0.114. The van der Waals surface area contributed by atoms with Crippen molar-refractivity contribution in [3.05, 3.63) is 35.4 Å². The molecule has 5 nitrogen and oxygen atoms in total. The van der Waals surface area contributed by atoms with Gasteiger partial charge in [-0.25, -0.2) is 0 Å². The van der Waals surface area contributed by atoms with Crippen LogP contribution in [0.2, 0.25) is 0 Å². The third-order valence-electron chi connectivity index (χ3n) is 3.60. The van der Waals surface area contributed by atoms with Crippen molar-refractivity contribution >= 4 is 11.8 Å². The summed E-state index contributed by atoms with van der Waals surface area (Å²) in [5.41, 5.74) is 0.995. The minimum atomic E-state index is -0.206. The second-order valence-electron chi connectivity index (χ2n) is 4.97. The maximum atomic E-state index is 12.1. The van der Waals surface area contributed by atoms with Gasteiger partial charge in [0.05, 0.1) is 17.7 Å². The molecule has 2 aliphatic heterocycles. The van der Waals surface area contributed by atoms with Crippen LogP contribution in [0.15, 0.2) is 24.3 Å². The van der Waals surface area contributed by atoms with Crippen LogP contribution < -0.4 is 0 Å². The standard InChI is InChI=1S/C15H17NO4/c17-14-11-5-1-2-6-12(11)15(18)16(14)8-4-10-20-13-7-3-9-19-13/h1-2,5-6,13H,3-4,7-10H2. The van der Waals surface area contributed by atoms with Crippen LogP contribution >= 0.6 is 0 Å². The van der Waals surface area contributed by atoms with E-state index < -0.39 is 0 Å². The van der Waals surface area contributed by atoms with Crippen molar-refractivity contribution in [3.8, 4) is 0 Å². The van der Waals surface area contributed by atoms with E-state index in [0.717, 1.165) is 19.4 Å². The number of amides is 2. The second kappa shape index (κ2) is 5.73. The molecule has 0 N–H and O–H groups in total. The van der Waals surface area contributed by atoms with Gasteiger partial charge in [-0.05, 0) is 25.0 Å². The Bertz CT molecular complexity index is 487. The number of rotatable bonds is 5. The molecule has 1 aromatic carbocycles. The first-order valence-corrected chi connectivity index (χ1v) is 6.96. The quantitative estimate of drug-likeness (QED) is 0.607. The number of carbonyl (C=O) groups is 2.